The minimum atomic E-state index is -0.497. The minimum absolute atomic E-state index is 0.117. The second-order valence-electron chi connectivity index (χ2n) is 4.21. The Balaban J connectivity index is 3.49. The molecule has 78 valence electrons. The third-order valence-corrected chi connectivity index (χ3v) is 3.35. The number of anilines is 1. The molecule has 0 saturated carbocycles. The summed E-state index contributed by atoms with van der Waals surface area (Å²) in [6.07, 6.45) is 0. The summed E-state index contributed by atoms with van der Waals surface area (Å²) in [4.78, 5) is 0. The van der Waals surface area contributed by atoms with Crippen molar-refractivity contribution < 1.29 is 4.39 Å². The summed E-state index contributed by atoms with van der Waals surface area (Å²) < 4.78 is 13.5. The van der Waals surface area contributed by atoms with E-state index in [1.807, 2.05) is 20.8 Å². The number of nitrogens with two attached hydrogens (primary N) is 1. The van der Waals surface area contributed by atoms with E-state index in [1.165, 1.54) is 0 Å². The van der Waals surface area contributed by atoms with E-state index in [1.54, 1.807) is 6.07 Å². The van der Waals surface area contributed by atoms with E-state index in [4.69, 9.17) is 17.3 Å². The van der Waals surface area contributed by atoms with Crippen molar-refractivity contribution in [3.63, 3.8) is 0 Å². The van der Waals surface area contributed by atoms with Gasteiger partial charge in [-0.1, -0.05) is 32.4 Å². The Morgan fingerprint density at radius 1 is 1.43 bits per heavy atom. The standard InChI is InChI=1S/C10H12BrClFN/c1-10(2,3)5-4-6(14)9(13)7(11)8(5)12/h4H,14H2,1-3H3. The highest BCUT2D eigenvalue weighted by atomic mass is 79.9. The summed E-state index contributed by atoms with van der Waals surface area (Å²) in [5.41, 5.74) is 6.33. The molecule has 2 N–H and O–H groups in total. The van der Waals surface area contributed by atoms with Crippen molar-refractivity contribution in [3.8, 4) is 0 Å². The van der Waals surface area contributed by atoms with Crippen molar-refractivity contribution in [1.29, 1.82) is 0 Å². The molecule has 14 heavy (non-hydrogen) atoms. The molecule has 1 aromatic carbocycles. The van der Waals surface area contributed by atoms with Crippen LogP contribution in [0.25, 0.3) is 0 Å². The van der Waals surface area contributed by atoms with Crippen LogP contribution < -0.4 is 5.73 Å². The van der Waals surface area contributed by atoms with Gasteiger partial charge in [0.2, 0.25) is 0 Å². The van der Waals surface area contributed by atoms with Gasteiger partial charge in [0.1, 0.15) is 0 Å². The van der Waals surface area contributed by atoms with Crippen molar-refractivity contribution in [1.82, 2.24) is 0 Å². The van der Waals surface area contributed by atoms with Gasteiger partial charge in [-0.3, -0.25) is 0 Å². The summed E-state index contributed by atoms with van der Waals surface area (Å²) in [7, 11) is 0. The first kappa shape index (κ1) is 11.8. The van der Waals surface area contributed by atoms with Crippen LogP contribution in [0.2, 0.25) is 5.02 Å². The highest BCUT2D eigenvalue weighted by Crippen LogP contribution is 2.38. The van der Waals surface area contributed by atoms with Crippen LogP contribution in [0.1, 0.15) is 26.3 Å². The molecule has 0 saturated heterocycles. The Bertz CT molecular complexity index is 371. The number of benzene rings is 1. The van der Waals surface area contributed by atoms with Crippen molar-refractivity contribution in [2.45, 2.75) is 26.2 Å². The van der Waals surface area contributed by atoms with Gasteiger partial charge in [-0.05, 0) is 33.0 Å². The predicted molar refractivity (Wildman–Crippen MR) is 62.2 cm³/mol. The largest absolute Gasteiger partial charge is 0.396 e. The number of rotatable bonds is 0. The molecule has 0 unspecified atom stereocenters. The molecule has 0 fully saturated rings. The molecule has 0 heterocycles. The van der Waals surface area contributed by atoms with E-state index in [9.17, 15) is 4.39 Å². The first-order valence-corrected chi connectivity index (χ1v) is 5.35. The lowest BCUT2D eigenvalue weighted by Crippen LogP contribution is -2.13. The fourth-order valence-corrected chi connectivity index (χ4v) is 2.03. The number of hydrogen-bond donors (Lipinski definition) is 1. The van der Waals surface area contributed by atoms with E-state index in [2.05, 4.69) is 15.9 Å². The third-order valence-electron chi connectivity index (χ3n) is 1.98. The summed E-state index contributed by atoms with van der Waals surface area (Å²) in [5.74, 6) is -0.497. The molecular weight excluding hydrogens is 268 g/mol. The molecule has 1 aromatic rings. The van der Waals surface area contributed by atoms with Gasteiger partial charge in [0.05, 0.1) is 15.2 Å². The van der Waals surface area contributed by atoms with Crippen LogP contribution in [0.5, 0.6) is 0 Å². The molecule has 1 nitrogen and oxygen atoms in total. The highest BCUT2D eigenvalue weighted by Gasteiger charge is 2.22. The molecule has 0 bridgehead atoms. The van der Waals surface area contributed by atoms with Crippen LogP contribution in [0.3, 0.4) is 0 Å². The van der Waals surface area contributed by atoms with Crippen LogP contribution in [-0.4, -0.2) is 0 Å². The van der Waals surface area contributed by atoms with Gasteiger partial charge in [0, 0.05) is 0 Å². The fraction of sp³-hybridized carbons (Fsp3) is 0.400. The normalized spacial score (nSPS) is 11.9. The first-order chi connectivity index (χ1) is 6.25. The van der Waals surface area contributed by atoms with Crippen LogP contribution in [0.15, 0.2) is 10.5 Å². The van der Waals surface area contributed by atoms with Crippen molar-refractivity contribution in [2.24, 2.45) is 0 Å². The predicted octanol–water partition coefficient (Wildman–Crippen LogP) is 4.12. The molecule has 0 atom stereocenters. The molecule has 0 amide bonds. The lowest BCUT2D eigenvalue weighted by molar-refractivity contribution is 0.582. The van der Waals surface area contributed by atoms with E-state index in [0.717, 1.165) is 5.56 Å². The van der Waals surface area contributed by atoms with Crippen LogP contribution >= 0.6 is 27.5 Å². The van der Waals surface area contributed by atoms with Crippen LogP contribution in [0, 0.1) is 5.82 Å². The van der Waals surface area contributed by atoms with E-state index in [0.29, 0.717) is 5.02 Å². The second-order valence-corrected chi connectivity index (χ2v) is 5.38. The number of hydrogen-bond acceptors (Lipinski definition) is 1. The molecule has 0 radical (unpaired) electrons. The molecule has 1 rings (SSSR count). The van der Waals surface area contributed by atoms with E-state index < -0.39 is 5.82 Å². The lowest BCUT2D eigenvalue weighted by Gasteiger charge is -2.22. The summed E-state index contributed by atoms with van der Waals surface area (Å²) in [6, 6.07) is 1.59. The number of nitrogen functional groups attached to an aromatic ring is 1. The number of halogens is 3. The van der Waals surface area contributed by atoms with Gasteiger partial charge in [-0.2, -0.15) is 0 Å². The van der Waals surface area contributed by atoms with Gasteiger partial charge in [0.15, 0.2) is 5.82 Å². The zero-order chi connectivity index (χ0) is 11.1. The molecule has 0 aliphatic carbocycles. The lowest BCUT2D eigenvalue weighted by atomic mass is 9.87. The molecule has 4 heteroatoms. The van der Waals surface area contributed by atoms with Crippen molar-refractivity contribution >= 4 is 33.2 Å². The third kappa shape index (κ3) is 2.04. The molecule has 0 aromatic heterocycles. The smallest absolute Gasteiger partial charge is 0.161 e. The Morgan fingerprint density at radius 3 is 2.36 bits per heavy atom. The average Bonchev–Trinajstić information content (AvgIpc) is 2.06. The zero-order valence-corrected chi connectivity index (χ0v) is 10.6. The fourth-order valence-electron chi connectivity index (χ4n) is 1.17. The first-order valence-electron chi connectivity index (χ1n) is 4.18. The van der Waals surface area contributed by atoms with E-state index in [-0.39, 0.29) is 15.6 Å². The van der Waals surface area contributed by atoms with Gasteiger partial charge in [-0.15, -0.1) is 0 Å². The van der Waals surface area contributed by atoms with Gasteiger partial charge in [-0.25, -0.2) is 4.39 Å². The quantitative estimate of drug-likeness (QED) is 0.561. The Morgan fingerprint density at radius 2 is 1.93 bits per heavy atom. The average molecular weight is 281 g/mol. The second kappa shape index (κ2) is 3.70. The molecule has 0 aliphatic rings. The van der Waals surface area contributed by atoms with Gasteiger partial charge >= 0.3 is 0 Å². The zero-order valence-electron chi connectivity index (χ0n) is 8.29. The SMILES string of the molecule is CC(C)(C)c1cc(N)c(F)c(Br)c1Cl. The topological polar surface area (TPSA) is 26.0 Å². The minimum Gasteiger partial charge on any atom is -0.396 e. The highest BCUT2D eigenvalue weighted by molar-refractivity contribution is 9.10. The van der Waals surface area contributed by atoms with Gasteiger partial charge < -0.3 is 5.73 Å². The maximum absolute atomic E-state index is 13.3. The molecular formula is C10H12BrClFN. The van der Waals surface area contributed by atoms with E-state index >= 15 is 0 Å². The van der Waals surface area contributed by atoms with Crippen LogP contribution in [-0.2, 0) is 5.41 Å². The summed E-state index contributed by atoms with van der Waals surface area (Å²) in [6.45, 7) is 5.99. The van der Waals surface area contributed by atoms with Crippen molar-refractivity contribution in [2.75, 3.05) is 5.73 Å². The maximum atomic E-state index is 13.3. The Labute approximate surface area is 96.6 Å². The Kier molecular flexibility index (Phi) is 3.12. The van der Waals surface area contributed by atoms with Crippen molar-refractivity contribution in [3.05, 3.63) is 26.9 Å². The monoisotopic (exact) mass is 279 g/mol. The molecule has 0 spiro atoms. The summed E-state index contributed by atoms with van der Waals surface area (Å²) in [5, 5.41) is 0.393. The van der Waals surface area contributed by atoms with Gasteiger partial charge in [0.25, 0.3) is 0 Å². The molecule has 0 aliphatic heterocycles. The summed E-state index contributed by atoms with van der Waals surface area (Å²) >= 11 is 9.10. The van der Waals surface area contributed by atoms with Crippen LogP contribution in [0.4, 0.5) is 10.1 Å². The maximum Gasteiger partial charge on any atom is 0.161 e. The Hall–Kier alpha value is -0.280.